The van der Waals surface area contributed by atoms with Gasteiger partial charge in [-0.25, -0.2) is 0 Å². The second-order valence-electron chi connectivity index (χ2n) is 8.01. The lowest BCUT2D eigenvalue weighted by Gasteiger charge is -2.10. The molecule has 0 aliphatic rings. The maximum atomic E-state index is 12.9. The van der Waals surface area contributed by atoms with Crippen LogP contribution >= 0.6 is 0 Å². The number of nitrogens with one attached hydrogen (secondary N) is 2. The molecule has 6 heteroatoms. The zero-order chi connectivity index (χ0) is 23.9. The van der Waals surface area contributed by atoms with Gasteiger partial charge in [-0.1, -0.05) is 81.5 Å². The van der Waals surface area contributed by atoms with Gasteiger partial charge in [0.2, 0.25) is 5.91 Å². The predicted octanol–water partition coefficient (Wildman–Crippen LogP) is 5.51. The summed E-state index contributed by atoms with van der Waals surface area (Å²) in [5, 5.41) is 14.4. The molecule has 176 valence electrons. The summed E-state index contributed by atoms with van der Waals surface area (Å²) in [6.45, 7) is 2.85. The van der Waals surface area contributed by atoms with Gasteiger partial charge in [0.15, 0.2) is 0 Å². The molecule has 33 heavy (non-hydrogen) atoms. The highest BCUT2D eigenvalue weighted by Crippen LogP contribution is 2.20. The van der Waals surface area contributed by atoms with Crippen molar-refractivity contribution in [1.82, 2.24) is 5.32 Å². The minimum atomic E-state index is -1.01. The van der Waals surface area contributed by atoms with Gasteiger partial charge in [0.05, 0.1) is 6.42 Å². The molecule has 0 unspecified atom stereocenters. The topological polar surface area (TPSA) is 95.5 Å². The Bertz CT molecular complexity index is 921. The van der Waals surface area contributed by atoms with Crippen LogP contribution in [0.2, 0.25) is 0 Å². The van der Waals surface area contributed by atoms with Crippen LogP contribution in [0.1, 0.15) is 69.4 Å². The summed E-state index contributed by atoms with van der Waals surface area (Å²) in [5.41, 5.74) is 2.83. The van der Waals surface area contributed by atoms with Crippen LogP contribution in [0.25, 0.3) is 11.6 Å². The number of unbranched alkanes of at least 4 members (excludes halogenated alkanes) is 5. The molecule has 0 aromatic heterocycles. The van der Waals surface area contributed by atoms with E-state index in [1.165, 1.54) is 25.7 Å². The smallest absolute Gasteiger partial charge is 0.303 e. The molecular formula is C27H34N2O4. The maximum Gasteiger partial charge on any atom is 0.303 e. The molecule has 0 fully saturated rings. The fourth-order valence-electron chi connectivity index (χ4n) is 3.37. The Labute approximate surface area is 196 Å². The number of anilines is 1. The van der Waals surface area contributed by atoms with E-state index in [2.05, 4.69) is 17.6 Å². The normalized spacial score (nSPS) is 11.1. The SMILES string of the molecule is CCCCCCCCNC(=O)/C(=C/c1ccc(NC(=O)CCC(=O)O)cc1)c1ccccc1. The molecule has 2 aromatic carbocycles. The highest BCUT2D eigenvalue weighted by atomic mass is 16.4. The van der Waals surface area contributed by atoms with Gasteiger partial charge in [0, 0.05) is 24.2 Å². The number of amides is 2. The van der Waals surface area contributed by atoms with Crippen molar-refractivity contribution in [3.05, 3.63) is 65.7 Å². The summed E-state index contributed by atoms with van der Waals surface area (Å²) in [6.07, 6.45) is 8.56. The number of hydrogen-bond donors (Lipinski definition) is 3. The molecule has 0 aliphatic carbocycles. The van der Waals surface area contributed by atoms with E-state index < -0.39 is 5.97 Å². The van der Waals surface area contributed by atoms with Crippen LogP contribution in [0.5, 0.6) is 0 Å². The van der Waals surface area contributed by atoms with Crippen LogP contribution in [0.15, 0.2) is 54.6 Å². The summed E-state index contributed by atoms with van der Waals surface area (Å²) < 4.78 is 0. The minimum absolute atomic E-state index is 0.0755. The monoisotopic (exact) mass is 450 g/mol. The first-order valence-corrected chi connectivity index (χ1v) is 11.7. The van der Waals surface area contributed by atoms with E-state index >= 15 is 0 Å². The van der Waals surface area contributed by atoms with E-state index in [9.17, 15) is 14.4 Å². The second kappa shape index (κ2) is 14.6. The van der Waals surface area contributed by atoms with Gasteiger partial charge in [-0.2, -0.15) is 0 Å². The summed E-state index contributed by atoms with van der Waals surface area (Å²) in [5.74, 6) is -1.46. The predicted molar refractivity (Wildman–Crippen MR) is 133 cm³/mol. The fourth-order valence-corrected chi connectivity index (χ4v) is 3.37. The number of carbonyl (C=O) groups excluding carboxylic acids is 2. The van der Waals surface area contributed by atoms with E-state index in [0.717, 1.165) is 24.0 Å². The van der Waals surface area contributed by atoms with Crippen molar-refractivity contribution in [3.63, 3.8) is 0 Å². The third kappa shape index (κ3) is 10.2. The molecule has 3 N–H and O–H groups in total. The van der Waals surface area contributed by atoms with Crippen LogP contribution in [0, 0.1) is 0 Å². The molecule has 0 bridgehead atoms. The summed E-state index contributed by atoms with van der Waals surface area (Å²) in [4.78, 5) is 35.3. The van der Waals surface area contributed by atoms with Crippen molar-refractivity contribution in [2.45, 2.75) is 58.3 Å². The average molecular weight is 451 g/mol. The van der Waals surface area contributed by atoms with Crippen LogP contribution in [0.3, 0.4) is 0 Å². The van der Waals surface area contributed by atoms with Crippen LogP contribution < -0.4 is 10.6 Å². The molecule has 0 saturated heterocycles. The van der Waals surface area contributed by atoms with Gasteiger partial charge in [-0.05, 0) is 35.8 Å². The zero-order valence-corrected chi connectivity index (χ0v) is 19.3. The first-order chi connectivity index (χ1) is 16.0. The quantitative estimate of drug-likeness (QED) is 0.201. The van der Waals surface area contributed by atoms with Gasteiger partial charge >= 0.3 is 5.97 Å². The lowest BCUT2D eigenvalue weighted by molar-refractivity contribution is -0.138. The molecule has 6 nitrogen and oxygen atoms in total. The first-order valence-electron chi connectivity index (χ1n) is 11.7. The Morgan fingerprint density at radius 3 is 2.18 bits per heavy atom. The molecule has 2 aromatic rings. The molecule has 0 heterocycles. The molecule has 2 rings (SSSR count). The van der Waals surface area contributed by atoms with Crippen LogP contribution in [0.4, 0.5) is 5.69 Å². The third-order valence-corrected chi connectivity index (χ3v) is 5.22. The van der Waals surface area contributed by atoms with Crippen LogP contribution in [-0.4, -0.2) is 29.4 Å². The van der Waals surface area contributed by atoms with E-state index in [0.29, 0.717) is 17.8 Å². The van der Waals surface area contributed by atoms with Crippen molar-refractivity contribution < 1.29 is 19.5 Å². The number of carboxylic acid groups (broad SMARTS) is 1. The number of rotatable bonds is 14. The molecular weight excluding hydrogens is 416 g/mol. The second-order valence-corrected chi connectivity index (χ2v) is 8.01. The van der Waals surface area contributed by atoms with Crippen molar-refractivity contribution in [2.75, 3.05) is 11.9 Å². The Morgan fingerprint density at radius 1 is 0.848 bits per heavy atom. The number of benzene rings is 2. The zero-order valence-electron chi connectivity index (χ0n) is 19.3. The lowest BCUT2D eigenvalue weighted by Crippen LogP contribution is -2.25. The highest BCUT2D eigenvalue weighted by Gasteiger charge is 2.12. The summed E-state index contributed by atoms with van der Waals surface area (Å²) in [6, 6.07) is 16.6. The molecule has 0 spiro atoms. The molecule has 0 atom stereocenters. The Balaban J connectivity index is 2.02. The van der Waals surface area contributed by atoms with E-state index in [4.69, 9.17) is 5.11 Å². The lowest BCUT2D eigenvalue weighted by atomic mass is 10.0. The van der Waals surface area contributed by atoms with E-state index in [-0.39, 0.29) is 24.7 Å². The van der Waals surface area contributed by atoms with Gasteiger partial charge in [0.25, 0.3) is 5.91 Å². The van der Waals surface area contributed by atoms with Gasteiger partial charge < -0.3 is 15.7 Å². The minimum Gasteiger partial charge on any atom is -0.481 e. The summed E-state index contributed by atoms with van der Waals surface area (Å²) >= 11 is 0. The standard InChI is InChI=1S/C27H34N2O4/c1-2-3-4-5-6-10-19-28-27(33)24(22-11-8-7-9-12-22)20-21-13-15-23(16-14-21)29-25(30)17-18-26(31)32/h7-9,11-16,20H,2-6,10,17-19H2,1H3,(H,28,33)(H,29,30)(H,31,32)/b24-20+. The number of hydrogen-bond acceptors (Lipinski definition) is 3. The van der Waals surface area contributed by atoms with Gasteiger partial charge in [-0.15, -0.1) is 0 Å². The Kier molecular flexibility index (Phi) is 11.4. The van der Waals surface area contributed by atoms with Crippen molar-refractivity contribution >= 4 is 35.1 Å². The third-order valence-electron chi connectivity index (χ3n) is 5.22. The molecule has 0 aliphatic heterocycles. The van der Waals surface area contributed by atoms with Gasteiger partial charge in [0.1, 0.15) is 0 Å². The highest BCUT2D eigenvalue weighted by molar-refractivity contribution is 6.24. The largest absolute Gasteiger partial charge is 0.481 e. The summed E-state index contributed by atoms with van der Waals surface area (Å²) in [7, 11) is 0. The van der Waals surface area contributed by atoms with Crippen molar-refractivity contribution in [1.29, 1.82) is 0 Å². The van der Waals surface area contributed by atoms with E-state index in [1.807, 2.05) is 48.5 Å². The fraction of sp³-hybridized carbons (Fsp3) is 0.370. The number of aliphatic carboxylic acids is 1. The van der Waals surface area contributed by atoms with E-state index in [1.54, 1.807) is 12.1 Å². The van der Waals surface area contributed by atoms with Crippen molar-refractivity contribution in [2.24, 2.45) is 0 Å². The van der Waals surface area contributed by atoms with Gasteiger partial charge in [-0.3, -0.25) is 14.4 Å². The van der Waals surface area contributed by atoms with Crippen molar-refractivity contribution in [3.8, 4) is 0 Å². The average Bonchev–Trinajstić information content (AvgIpc) is 2.82. The molecule has 0 saturated carbocycles. The number of carboxylic acids is 1. The van der Waals surface area contributed by atoms with Crippen LogP contribution in [-0.2, 0) is 14.4 Å². The Morgan fingerprint density at radius 2 is 1.52 bits per heavy atom. The first kappa shape index (κ1) is 25.8. The maximum absolute atomic E-state index is 12.9. The number of carbonyl (C=O) groups is 3. The molecule has 0 radical (unpaired) electrons. The Hall–Kier alpha value is -3.41. The molecule has 2 amide bonds.